The Labute approximate surface area is 72.3 Å². The van der Waals surface area contributed by atoms with Gasteiger partial charge in [-0.2, -0.15) is 0 Å². The Morgan fingerprint density at radius 3 is 2.75 bits per heavy atom. The van der Waals surface area contributed by atoms with E-state index in [0.29, 0.717) is 12.8 Å². The number of esters is 1. The molecule has 0 saturated heterocycles. The molecule has 4 heteroatoms. The predicted molar refractivity (Wildman–Crippen MR) is 44.5 cm³/mol. The number of unbranched alkanes of at least 4 members (excludes halogenated alkanes) is 1. The summed E-state index contributed by atoms with van der Waals surface area (Å²) in [5, 5.41) is 2.41. The summed E-state index contributed by atoms with van der Waals surface area (Å²) in [5.41, 5.74) is 0. The molecule has 0 aromatic rings. The van der Waals surface area contributed by atoms with E-state index in [1.165, 1.54) is 7.11 Å². The van der Waals surface area contributed by atoms with Gasteiger partial charge in [-0.25, -0.2) is 4.79 Å². The number of nitrogens with one attached hydrogen (secondary N) is 1. The van der Waals surface area contributed by atoms with E-state index in [4.69, 9.17) is 0 Å². The quantitative estimate of drug-likeness (QED) is 0.469. The Morgan fingerprint density at radius 1 is 1.67 bits per heavy atom. The number of hydrogen-bond acceptors (Lipinski definition) is 3. The average Bonchev–Trinajstić information content (AvgIpc) is 2.11. The second kappa shape index (κ2) is 6.64. The highest BCUT2D eigenvalue weighted by Crippen LogP contribution is 2.01. The van der Waals surface area contributed by atoms with E-state index < -0.39 is 6.04 Å². The summed E-state index contributed by atoms with van der Waals surface area (Å²) in [7, 11) is 1.31. The van der Waals surface area contributed by atoms with Crippen molar-refractivity contribution in [3.63, 3.8) is 0 Å². The number of amides is 1. The maximum absolute atomic E-state index is 11.0. The van der Waals surface area contributed by atoms with Crippen molar-refractivity contribution in [1.82, 2.24) is 5.32 Å². The third kappa shape index (κ3) is 3.95. The molecular formula is C8H15NO3. The number of hydrogen-bond donors (Lipinski definition) is 1. The lowest BCUT2D eigenvalue weighted by molar-refractivity contribution is -0.144. The fourth-order valence-corrected chi connectivity index (χ4v) is 0.902. The van der Waals surface area contributed by atoms with Gasteiger partial charge in [0.15, 0.2) is 0 Å². The highest BCUT2D eigenvalue weighted by atomic mass is 16.5. The van der Waals surface area contributed by atoms with Crippen molar-refractivity contribution in [3.8, 4) is 0 Å². The third-order valence-corrected chi connectivity index (χ3v) is 1.60. The molecule has 0 rings (SSSR count). The molecule has 0 heterocycles. The van der Waals surface area contributed by atoms with Gasteiger partial charge in [-0.1, -0.05) is 19.8 Å². The van der Waals surface area contributed by atoms with E-state index in [0.717, 1.165) is 12.8 Å². The molecule has 0 bridgehead atoms. The van der Waals surface area contributed by atoms with E-state index in [9.17, 15) is 9.59 Å². The van der Waals surface area contributed by atoms with Crippen molar-refractivity contribution in [1.29, 1.82) is 0 Å². The first-order valence-corrected chi connectivity index (χ1v) is 4.03. The minimum atomic E-state index is -0.479. The lowest BCUT2D eigenvalue weighted by atomic mass is 10.1. The molecule has 0 spiro atoms. The summed E-state index contributed by atoms with van der Waals surface area (Å²) in [6.07, 6.45) is 3.06. The van der Waals surface area contributed by atoms with Crippen LogP contribution in [0.4, 0.5) is 0 Å². The van der Waals surface area contributed by atoms with Crippen LogP contribution in [0.5, 0.6) is 0 Å². The molecule has 4 nitrogen and oxygen atoms in total. The van der Waals surface area contributed by atoms with Gasteiger partial charge in [0.2, 0.25) is 6.41 Å². The van der Waals surface area contributed by atoms with Crippen LogP contribution in [0.25, 0.3) is 0 Å². The maximum Gasteiger partial charge on any atom is 0.328 e. The molecule has 0 aromatic carbocycles. The smallest absolute Gasteiger partial charge is 0.328 e. The molecule has 1 amide bonds. The fraction of sp³-hybridized carbons (Fsp3) is 0.750. The summed E-state index contributed by atoms with van der Waals surface area (Å²) in [4.78, 5) is 21.0. The second-order valence-corrected chi connectivity index (χ2v) is 2.50. The van der Waals surface area contributed by atoms with Crippen molar-refractivity contribution in [2.75, 3.05) is 7.11 Å². The molecule has 0 aliphatic heterocycles. The minimum Gasteiger partial charge on any atom is -0.467 e. The zero-order valence-corrected chi connectivity index (χ0v) is 7.50. The van der Waals surface area contributed by atoms with Gasteiger partial charge in [0.1, 0.15) is 6.04 Å². The molecule has 1 atom stereocenters. The van der Waals surface area contributed by atoms with Crippen LogP contribution in [-0.2, 0) is 14.3 Å². The Bertz CT molecular complexity index is 147. The lowest BCUT2D eigenvalue weighted by Gasteiger charge is -2.12. The van der Waals surface area contributed by atoms with Crippen LogP contribution in [0.3, 0.4) is 0 Å². The number of ether oxygens (including phenoxy) is 1. The largest absolute Gasteiger partial charge is 0.467 e. The van der Waals surface area contributed by atoms with Gasteiger partial charge in [0.25, 0.3) is 0 Å². The van der Waals surface area contributed by atoms with Crippen LogP contribution >= 0.6 is 0 Å². The van der Waals surface area contributed by atoms with Gasteiger partial charge < -0.3 is 10.1 Å². The molecule has 70 valence electrons. The van der Waals surface area contributed by atoms with Gasteiger partial charge in [-0.3, -0.25) is 4.79 Å². The lowest BCUT2D eigenvalue weighted by Crippen LogP contribution is -2.36. The van der Waals surface area contributed by atoms with Gasteiger partial charge in [0.05, 0.1) is 7.11 Å². The number of rotatable bonds is 6. The summed E-state index contributed by atoms with van der Waals surface area (Å²) in [6, 6.07) is -0.479. The van der Waals surface area contributed by atoms with Crippen LogP contribution in [0.1, 0.15) is 26.2 Å². The van der Waals surface area contributed by atoms with Crippen molar-refractivity contribution in [2.45, 2.75) is 32.2 Å². The Morgan fingerprint density at radius 2 is 2.33 bits per heavy atom. The summed E-state index contributed by atoms with van der Waals surface area (Å²) >= 11 is 0. The fourth-order valence-electron chi connectivity index (χ4n) is 0.902. The molecule has 0 aliphatic rings. The first kappa shape index (κ1) is 10.9. The molecule has 0 fully saturated rings. The molecule has 12 heavy (non-hydrogen) atoms. The van der Waals surface area contributed by atoms with Crippen molar-refractivity contribution in [2.24, 2.45) is 0 Å². The highest BCUT2D eigenvalue weighted by Gasteiger charge is 2.16. The minimum absolute atomic E-state index is 0.379. The zero-order chi connectivity index (χ0) is 9.40. The Balaban J connectivity index is 3.84. The highest BCUT2D eigenvalue weighted by molar-refractivity contribution is 5.77. The van der Waals surface area contributed by atoms with Crippen molar-refractivity contribution >= 4 is 12.4 Å². The van der Waals surface area contributed by atoms with E-state index in [2.05, 4.69) is 10.1 Å². The summed E-state index contributed by atoms with van der Waals surface area (Å²) < 4.78 is 4.50. The SMILES string of the molecule is CCCC[C@H](NC=O)C(=O)OC. The number of methoxy groups -OCH3 is 1. The first-order valence-electron chi connectivity index (χ1n) is 4.03. The molecule has 0 radical (unpaired) electrons. The van der Waals surface area contributed by atoms with Crippen LogP contribution in [0.2, 0.25) is 0 Å². The molecule has 1 N–H and O–H groups in total. The van der Waals surface area contributed by atoms with Gasteiger partial charge in [-0.05, 0) is 6.42 Å². The summed E-state index contributed by atoms with van der Waals surface area (Å²) in [5.74, 6) is -0.379. The third-order valence-electron chi connectivity index (χ3n) is 1.60. The first-order chi connectivity index (χ1) is 5.76. The average molecular weight is 173 g/mol. The molecular weight excluding hydrogens is 158 g/mol. The van der Waals surface area contributed by atoms with Gasteiger partial charge in [-0.15, -0.1) is 0 Å². The van der Waals surface area contributed by atoms with E-state index in [-0.39, 0.29) is 5.97 Å². The Kier molecular flexibility index (Phi) is 6.05. The van der Waals surface area contributed by atoms with Crippen LogP contribution in [0.15, 0.2) is 0 Å². The van der Waals surface area contributed by atoms with Crippen molar-refractivity contribution in [3.05, 3.63) is 0 Å². The number of carbonyl (C=O) groups is 2. The van der Waals surface area contributed by atoms with Crippen LogP contribution < -0.4 is 5.32 Å². The van der Waals surface area contributed by atoms with E-state index in [1.807, 2.05) is 6.92 Å². The van der Waals surface area contributed by atoms with E-state index in [1.54, 1.807) is 0 Å². The van der Waals surface area contributed by atoms with Gasteiger partial charge >= 0.3 is 5.97 Å². The van der Waals surface area contributed by atoms with Crippen LogP contribution in [0, 0.1) is 0 Å². The number of carbonyl (C=O) groups excluding carboxylic acids is 2. The summed E-state index contributed by atoms with van der Waals surface area (Å²) in [6.45, 7) is 2.02. The monoisotopic (exact) mass is 173 g/mol. The molecule has 0 aliphatic carbocycles. The Hall–Kier alpha value is -1.06. The maximum atomic E-state index is 11.0. The predicted octanol–water partition coefficient (Wildman–Crippen LogP) is 0.464. The molecule has 0 unspecified atom stereocenters. The standard InChI is InChI=1S/C8H15NO3/c1-3-4-5-7(9-6-10)8(11)12-2/h6-7H,3-5H2,1-2H3,(H,9,10)/t7-/m0/s1. The second-order valence-electron chi connectivity index (χ2n) is 2.50. The topological polar surface area (TPSA) is 55.4 Å². The van der Waals surface area contributed by atoms with E-state index >= 15 is 0 Å². The van der Waals surface area contributed by atoms with Crippen molar-refractivity contribution < 1.29 is 14.3 Å². The zero-order valence-electron chi connectivity index (χ0n) is 7.50. The molecule has 0 aromatic heterocycles. The normalized spacial score (nSPS) is 11.8. The van der Waals surface area contributed by atoms with Crippen LogP contribution in [-0.4, -0.2) is 25.5 Å². The van der Waals surface area contributed by atoms with Gasteiger partial charge in [0, 0.05) is 0 Å². The molecule has 0 saturated carbocycles.